The third-order valence-corrected chi connectivity index (χ3v) is 2.28. The molecule has 102 valence electrons. The lowest BCUT2D eigenvalue weighted by Crippen LogP contribution is -2.12. The summed E-state index contributed by atoms with van der Waals surface area (Å²) in [6, 6.07) is 3.43. The van der Waals surface area contributed by atoms with E-state index in [4.69, 9.17) is 4.74 Å². The van der Waals surface area contributed by atoms with Crippen molar-refractivity contribution >= 4 is 12.1 Å². The van der Waals surface area contributed by atoms with Crippen LogP contribution in [0, 0.1) is 0 Å². The molecule has 0 aliphatic heterocycles. The molecule has 0 unspecified atom stereocenters. The van der Waals surface area contributed by atoms with Crippen LogP contribution in [0.4, 0.5) is 0 Å². The average molecular weight is 262 g/mol. The molecule has 5 heteroatoms. The minimum absolute atomic E-state index is 0.110. The number of carbonyl (C=O) groups excluding carboxylic acids is 1. The van der Waals surface area contributed by atoms with Gasteiger partial charge in [0, 0.05) is 12.5 Å². The van der Waals surface area contributed by atoms with Gasteiger partial charge in [-0.1, -0.05) is 6.08 Å². The SMILES string of the molecule is C=CCc1cc(/C=N\NC(C)=O)cc(OCC)c1O. The van der Waals surface area contributed by atoms with Gasteiger partial charge in [0.2, 0.25) is 5.91 Å². The van der Waals surface area contributed by atoms with E-state index in [1.54, 1.807) is 18.2 Å². The van der Waals surface area contributed by atoms with Crippen LogP contribution in [0.25, 0.3) is 0 Å². The molecule has 1 aromatic carbocycles. The molecule has 0 saturated carbocycles. The first-order chi connectivity index (χ1) is 9.08. The number of benzene rings is 1. The van der Waals surface area contributed by atoms with Crippen molar-refractivity contribution in [3.8, 4) is 11.5 Å². The summed E-state index contributed by atoms with van der Waals surface area (Å²) in [6.07, 6.45) is 3.71. The number of allylic oxidation sites excluding steroid dienone is 1. The summed E-state index contributed by atoms with van der Waals surface area (Å²) >= 11 is 0. The third-order valence-electron chi connectivity index (χ3n) is 2.28. The van der Waals surface area contributed by atoms with Gasteiger partial charge in [-0.05, 0) is 31.0 Å². The third kappa shape index (κ3) is 4.46. The lowest BCUT2D eigenvalue weighted by Gasteiger charge is -2.10. The van der Waals surface area contributed by atoms with Gasteiger partial charge in [0.15, 0.2) is 11.5 Å². The van der Waals surface area contributed by atoms with Crippen LogP contribution in [0.2, 0.25) is 0 Å². The Hall–Kier alpha value is -2.30. The molecule has 0 aromatic heterocycles. The molecule has 1 aromatic rings. The number of hydrogen-bond acceptors (Lipinski definition) is 4. The van der Waals surface area contributed by atoms with Gasteiger partial charge in [-0.2, -0.15) is 5.10 Å². The maximum atomic E-state index is 10.7. The monoisotopic (exact) mass is 262 g/mol. The van der Waals surface area contributed by atoms with Crippen LogP contribution in [0.3, 0.4) is 0 Å². The molecule has 1 amide bonds. The first-order valence-electron chi connectivity index (χ1n) is 5.97. The van der Waals surface area contributed by atoms with E-state index < -0.39 is 0 Å². The molecule has 0 bridgehead atoms. The van der Waals surface area contributed by atoms with Crippen molar-refractivity contribution in [1.29, 1.82) is 0 Å². The fourth-order valence-electron chi connectivity index (χ4n) is 1.54. The van der Waals surface area contributed by atoms with Crippen molar-refractivity contribution in [2.24, 2.45) is 5.10 Å². The highest BCUT2D eigenvalue weighted by atomic mass is 16.5. The van der Waals surface area contributed by atoms with Gasteiger partial charge in [0.05, 0.1) is 12.8 Å². The maximum absolute atomic E-state index is 10.7. The van der Waals surface area contributed by atoms with Crippen molar-refractivity contribution in [3.05, 3.63) is 35.9 Å². The van der Waals surface area contributed by atoms with Crippen LogP contribution in [-0.4, -0.2) is 23.8 Å². The first-order valence-corrected chi connectivity index (χ1v) is 5.97. The number of phenols is 1. The predicted molar refractivity (Wildman–Crippen MR) is 74.6 cm³/mol. The standard InChI is InChI=1S/C14H18N2O3/c1-4-6-12-7-11(9-15-16-10(3)17)8-13(14(12)18)19-5-2/h4,7-9,18H,1,5-6H2,2-3H3,(H,16,17)/b15-9-. The van der Waals surface area contributed by atoms with Gasteiger partial charge in [-0.3, -0.25) is 4.79 Å². The second-order valence-corrected chi connectivity index (χ2v) is 3.88. The zero-order valence-electron chi connectivity index (χ0n) is 11.1. The lowest BCUT2D eigenvalue weighted by atomic mass is 10.1. The fraction of sp³-hybridized carbons (Fsp3) is 0.286. The number of nitrogens with zero attached hydrogens (tertiary/aromatic N) is 1. The lowest BCUT2D eigenvalue weighted by molar-refractivity contribution is -0.118. The highest BCUT2D eigenvalue weighted by molar-refractivity contribution is 5.83. The van der Waals surface area contributed by atoms with Crippen LogP contribution in [0.5, 0.6) is 11.5 Å². The largest absolute Gasteiger partial charge is 0.504 e. The summed E-state index contributed by atoms with van der Waals surface area (Å²) in [5, 5.41) is 13.8. The molecule has 0 fully saturated rings. The Morgan fingerprint density at radius 3 is 2.89 bits per heavy atom. The van der Waals surface area contributed by atoms with Crippen LogP contribution >= 0.6 is 0 Å². The summed E-state index contributed by atoms with van der Waals surface area (Å²) in [6.45, 7) is 7.31. The van der Waals surface area contributed by atoms with E-state index in [-0.39, 0.29) is 11.7 Å². The van der Waals surface area contributed by atoms with Gasteiger partial charge in [0.25, 0.3) is 0 Å². The van der Waals surface area contributed by atoms with Crippen LogP contribution in [-0.2, 0) is 11.2 Å². The number of carbonyl (C=O) groups is 1. The molecule has 0 atom stereocenters. The molecule has 0 aliphatic rings. The summed E-state index contributed by atoms with van der Waals surface area (Å²) in [5.41, 5.74) is 3.75. The second-order valence-electron chi connectivity index (χ2n) is 3.88. The summed E-state index contributed by atoms with van der Waals surface area (Å²) in [4.78, 5) is 10.7. The number of rotatable bonds is 6. The minimum Gasteiger partial charge on any atom is -0.504 e. The van der Waals surface area contributed by atoms with Crippen LogP contribution in [0.15, 0.2) is 29.9 Å². The molecule has 0 aliphatic carbocycles. The van der Waals surface area contributed by atoms with E-state index in [9.17, 15) is 9.90 Å². The summed E-state index contributed by atoms with van der Waals surface area (Å²) < 4.78 is 5.36. The average Bonchev–Trinajstić information content (AvgIpc) is 2.35. The fourth-order valence-corrected chi connectivity index (χ4v) is 1.54. The van der Waals surface area contributed by atoms with Crippen LogP contribution in [0.1, 0.15) is 25.0 Å². The quantitative estimate of drug-likeness (QED) is 0.468. The Morgan fingerprint density at radius 1 is 1.58 bits per heavy atom. The maximum Gasteiger partial charge on any atom is 0.236 e. The number of nitrogens with one attached hydrogen (secondary N) is 1. The van der Waals surface area contributed by atoms with Crippen molar-refractivity contribution in [3.63, 3.8) is 0 Å². The number of aromatic hydroxyl groups is 1. The molecule has 5 nitrogen and oxygen atoms in total. The van der Waals surface area contributed by atoms with E-state index in [1.165, 1.54) is 13.1 Å². The van der Waals surface area contributed by atoms with E-state index in [0.717, 1.165) is 5.56 Å². The molecule has 0 spiro atoms. The molecule has 0 heterocycles. The highest BCUT2D eigenvalue weighted by Crippen LogP contribution is 2.31. The highest BCUT2D eigenvalue weighted by Gasteiger charge is 2.09. The Bertz CT molecular complexity index is 496. The Kier molecular flexibility index (Phi) is 5.60. The molecule has 2 N–H and O–H groups in total. The number of hydrogen-bond donors (Lipinski definition) is 2. The Labute approximate surface area is 112 Å². The van der Waals surface area contributed by atoms with Gasteiger partial charge in [0.1, 0.15) is 0 Å². The normalized spacial score (nSPS) is 10.4. The summed E-state index contributed by atoms with van der Waals surface area (Å²) in [5.74, 6) is 0.260. The topological polar surface area (TPSA) is 70.9 Å². The van der Waals surface area contributed by atoms with E-state index in [2.05, 4.69) is 17.1 Å². The number of phenolic OH excluding ortho intramolecular Hbond substituents is 1. The number of hydrazone groups is 1. The molecule has 19 heavy (non-hydrogen) atoms. The molecule has 1 rings (SSSR count). The molecular weight excluding hydrogens is 244 g/mol. The zero-order valence-corrected chi connectivity index (χ0v) is 11.1. The first kappa shape index (κ1) is 14.8. The molecular formula is C14H18N2O3. The Morgan fingerprint density at radius 2 is 2.32 bits per heavy atom. The van der Waals surface area contributed by atoms with Gasteiger partial charge >= 0.3 is 0 Å². The molecule has 0 radical (unpaired) electrons. The van der Waals surface area contributed by atoms with Crippen LogP contribution < -0.4 is 10.2 Å². The second kappa shape index (κ2) is 7.20. The summed E-state index contributed by atoms with van der Waals surface area (Å²) in [7, 11) is 0. The number of ether oxygens (including phenoxy) is 1. The van der Waals surface area contributed by atoms with E-state index in [0.29, 0.717) is 24.3 Å². The van der Waals surface area contributed by atoms with Crippen molar-refractivity contribution in [2.75, 3.05) is 6.61 Å². The van der Waals surface area contributed by atoms with Crippen molar-refractivity contribution in [2.45, 2.75) is 20.3 Å². The zero-order chi connectivity index (χ0) is 14.3. The van der Waals surface area contributed by atoms with E-state index >= 15 is 0 Å². The van der Waals surface area contributed by atoms with Gasteiger partial charge in [-0.25, -0.2) is 5.43 Å². The number of amides is 1. The van der Waals surface area contributed by atoms with Gasteiger partial charge < -0.3 is 9.84 Å². The van der Waals surface area contributed by atoms with E-state index in [1.807, 2.05) is 6.92 Å². The minimum atomic E-state index is -0.244. The predicted octanol–water partition coefficient (Wildman–Crippen LogP) is 1.99. The van der Waals surface area contributed by atoms with Crippen molar-refractivity contribution in [1.82, 2.24) is 5.43 Å². The smallest absolute Gasteiger partial charge is 0.236 e. The Balaban J connectivity index is 3.06. The van der Waals surface area contributed by atoms with Crippen molar-refractivity contribution < 1.29 is 14.6 Å². The van der Waals surface area contributed by atoms with Gasteiger partial charge in [-0.15, -0.1) is 6.58 Å². The molecule has 0 saturated heterocycles.